The van der Waals surface area contributed by atoms with E-state index in [1.54, 1.807) is 12.0 Å². The van der Waals surface area contributed by atoms with E-state index in [1.165, 1.54) is 23.1 Å². The summed E-state index contributed by atoms with van der Waals surface area (Å²) in [5, 5.41) is 6.00. The second-order valence-corrected chi connectivity index (χ2v) is 7.01. The van der Waals surface area contributed by atoms with Crippen molar-refractivity contribution in [2.24, 2.45) is 0 Å². The highest BCUT2D eigenvalue weighted by Gasteiger charge is 2.32. The van der Waals surface area contributed by atoms with Gasteiger partial charge in [0.15, 0.2) is 0 Å². The number of carbonyl (C=O) groups excluding carboxylic acids is 2. The molecule has 9 heteroatoms. The monoisotopic (exact) mass is 434 g/mol. The van der Waals surface area contributed by atoms with Crippen molar-refractivity contribution in [3.8, 4) is 5.75 Å². The van der Waals surface area contributed by atoms with Crippen LogP contribution in [0, 0.1) is 5.82 Å². The van der Waals surface area contributed by atoms with Crippen LogP contribution in [0.4, 0.5) is 14.9 Å². The first kappa shape index (κ1) is 21.9. The Hall–Kier alpha value is -2.84. The van der Waals surface area contributed by atoms with Crippen molar-refractivity contribution in [1.82, 2.24) is 15.5 Å². The van der Waals surface area contributed by atoms with Crippen LogP contribution in [0.25, 0.3) is 0 Å². The van der Waals surface area contributed by atoms with Crippen LogP contribution < -0.4 is 20.3 Å². The smallest absolute Gasteiger partial charge is 0.321 e. The number of piperazine rings is 1. The van der Waals surface area contributed by atoms with Gasteiger partial charge in [-0.25, -0.2) is 9.18 Å². The first-order valence-corrected chi connectivity index (χ1v) is 9.59. The Balaban J connectivity index is 0.00000256. The molecule has 4 rings (SSSR count). The third-order valence-corrected chi connectivity index (χ3v) is 5.35. The summed E-state index contributed by atoms with van der Waals surface area (Å²) in [7, 11) is 1.59. The number of halogens is 2. The molecule has 30 heavy (non-hydrogen) atoms. The van der Waals surface area contributed by atoms with Crippen LogP contribution in [-0.4, -0.2) is 56.7 Å². The number of rotatable bonds is 4. The summed E-state index contributed by atoms with van der Waals surface area (Å²) in [6.07, 6.45) is 0. The number of methoxy groups -OCH3 is 1. The van der Waals surface area contributed by atoms with E-state index < -0.39 is 11.7 Å². The fourth-order valence-electron chi connectivity index (χ4n) is 3.88. The van der Waals surface area contributed by atoms with Crippen molar-refractivity contribution in [1.29, 1.82) is 0 Å². The number of ether oxygens (including phenoxy) is 1. The normalized spacial score (nSPS) is 18.6. The minimum absolute atomic E-state index is 0. The van der Waals surface area contributed by atoms with Gasteiger partial charge in [-0.2, -0.15) is 0 Å². The average Bonchev–Trinajstić information content (AvgIpc) is 3.19. The minimum atomic E-state index is -0.601. The Labute approximate surface area is 180 Å². The minimum Gasteiger partial charge on any atom is -0.496 e. The van der Waals surface area contributed by atoms with Gasteiger partial charge in [0.2, 0.25) is 0 Å². The van der Waals surface area contributed by atoms with Crippen LogP contribution in [0.15, 0.2) is 42.5 Å². The molecular formula is C21H24ClFN4O3. The number of hydrogen-bond donors (Lipinski definition) is 2. The number of benzene rings is 2. The Morgan fingerprint density at radius 1 is 1.17 bits per heavy atom. The lowest BCUT2D eigenvalue weighted by molar-refractivity contribution is 0.0627. The molecule has 0 aliphatic carbocycles. The van der Waals surface area contributed by atoms with E-state index in [2.05, 4.69) is 10.6 Å². The number of hydrogen-bond acceptors (Lipinski definition) is 4. The molecule has 2 aliphatic rings. The Morgan fingerprint density at radius 3 is 2.70 bits per heavy atom. The molecule has 0 spiro atoms. The lowest BCUT2D eigenvalue weighted by Gasteiger charge is -2.37. The molecule has 2 aromatic rings. The highest BCUT2D eigenvalue weighted by Crippen LogP contribution is 2.32. The maximum atomic E-state index is 14.6. The molecular weight excluding hydrogens is 411 g/mol. The van der Waals surface area contributed by atoms with E-state index in [0.29, 0.717) is 44.2 Å². The van der Waals surface area contributed by atoms with E-state index >= 15 is 0 Å². The van der Waals surface area contributed by atoms with Crippen molar-refractivity contribution in [2.45, 2.75) is 6.04 Å². The zero-order valence-corrected chi connectivity index (χ0v) is 17.4. The van der Waals surface area contributed by atoms with Crippen LogP contribution in [0.3, 0.4) is 0 Å². The molecule has 2 N–H and O–H groups in total. The number of urea groups is 1. The molecule has 1 unspecified atom stereocenters. The molecule has 2 aliphatic heterocycles. The molecule has 2 aromatic carbocycles. The van der Waals surface area contributed by atoms with Gasteiger partial charge in [-0.1, -0.05) is 18.2 Å². The number of nitrogens with one attached hydrogen (secondary N) is 2. The third kappa shape index (κ3) is 4.06. The molecule has 3 amide bonds. The second kappa shape index (κ2) is 9.32. The van der Waals surface area contributed by atoms with Crippen molar-refractivity contribution in [3.63, 3.8) is 0 Å². The zero-order chi connectivity index (χ0) is 20.4. The maximum Gasteiger partial charge on any atom is 0.321 e. The van der Waals surface area contributed by atoms with Crippen molar-refractivity contribution < 1.29 is 18.7 Å². The highest BCUT2D eigenvalue weighted by atomic mass is 35.5. The third-order valence-electron chi connectivity index (χ3n) is 5.35. The first-order chi connectivity index (χ1) is 14.1. The van der Waals surface area contributed by atoms with Gasteiger partial charge in [0.1, 0.15) is 11.6 Å². The predicted molar refractivity (Wildman–Crippen MR) is 114 cm³/mol. The number of amides is 3. The van der Waals surface area contributed by atoms with E-state index in [4.69, 9.17) is 4.74 Å². The number of para-hydroxylation sites is 1. The van der Waals surface area contributed by atoms with Crippen LogP contribution in [0.5, 0.6) is 5.75 Å². The van der Waals surface area contributed by atoms with Crippen LogP contribution in [0.2, 0.25) is 0 Å². The molecule has 160 valence electrons. The largest absolute Gasteiger partial charge is 0.496 e. The summed E-state index contributed by atoms with van der Waals surface area (Å²) in [5.74, 6) is -0.320. The van der Waals surface area contributed by atoms with Gasteiger partial charge in [0, 0.05) is 44.0 Å². The summed E-state index contributed by atoms with van der Waals surface area (Å²) < 4.78 is 20.1. The molecule has 2 heterocycles. The number of carbonyl (C=O) groups is 2. The van der Waals surface area contributed by atoms with Gasteiger partial charge in [0.25, 0.3) is 5.91 Å². The van der Waals surface area contributed by atoms with Gasteiger partial charge in [0.05, 0.1) is 18.7 Å². The van der Waals surface area contributed by atoms with Crippen molar-refractivity contribution in [2.75, 3.05) is 44.7 Å². The lowest BCUT2D eigenvalue weighted by Crippen LogP contribution is -2.49. The summed E-state index contributed by atoms with van der Waals surface area (Å²) in [6, 6.07) is 11.2. The Kier molecular flexibility index (Phi) is 6.79. The number of anilines is 1. The fourth-order valence-corrected chi connectivity index (χ4v) is 3.88. The van der Waals surface area contributed by atoms with Gasteiger partial charge >= 0.3 is 6.03 Å². The molecule has 2 fully saturated rings. The molecule has 7 nitrogen and oxygen atoms in total. The summed E-state index contributed by atoms with van der Waals surface area (Å²) in [5.41, 5.74) is 1.34. The summed E-state index contributed by atoms with van der Waals surface area (Å²) in [6.45, 7) is 2.60. The molecule has 1 atom stereocenters. The number of nitrogens with zero attached hydrogens (tertiary/aromatic N) is 2. The Bertz CT molecular complexity index is 942. The van der Waals surface area contributed by atoms with Crippen LogP contribution in [-0.2, 0) is 0 Å². The van der Waals surface area contributed by atoms with E-state index in [-0.39, 0.29) is 30.0 Å². The van der Waals surface area contributed by atoms with Gasteiger partial charge in [-0.05, 0) is 24.3 Å². The summed E-state index contributed by atoms with van der Waals surface area (Å²) >= 11 is 0. The first-order valence-electron chi connectivity index (χ1n) is 9.59. The van der Waals surface area contributed by atoms with Gasteiger partial charge < -0.3 is 20.3 Å². The molecule has 0 radical (unpaired) electrons. The van der Waals surface area contributed by atoms with E-state index in [9.17, 15) is 14.0 Å². The Morgan fingerprint density at radius 2 is 1.97 bits per heavy atom. The van der Waals surface area contributed by atoms with Crippen molar-refractivity contribution in [3.05, 3.63) is 59.4 Å². The zero-order valence-electron chi connectivity index (χ0n) is 16.6. The van der Waals surface area contributed by atoms with Gasteiger partial charge in [-0.15, -0.1) is 12.4 Å². The topological polar surface area (TPSA) is 73.9 Å². The second-order valence-electron chi connectivity index (χ2n) is 7.01. The van der Waals surface area contributed by atoms with E-state index in [1.807, 2.05) is 24.3 Å². The molecule has 2 saturated heterocycles. The highest BCUT2D eigenvalue weighted by molar-refractivity contribution is 5.99. The molecule has 0 bridgehead atoms. The van der Waals surface area contributed by atoms with Gasteiger partial charge in [-0.3, -0.25) is 9.69 Å². The van der Waals surface area contributed by atoms with Crippen molar-refractivity contribution >= 4 is 30.0 Å². The average molecular weight is 435 g/mol. The molecule has 0 aromatic heterocycles. The SMILES string of the molecule is COc1ccccc1C1CNCCN1C(=O)c1cc(N2CCNC2=O)ccc1F.Cl. The van der Waals surface area contributed by atoms with Crippen LogP contribution >= 0.6 is 12.4 Å². The lowest BCUT2D eigenvalue weighted by atomic mass is 10.0. The standard InChI is InChI=1S/C21H23FN4O3.ClH/c1-29-19-5-3-2-4-15(19)18-13-23-8-10-26(18)20(27)16-12-14(6-7-17(16)22)25-11-9-24-21(25)28;/h2-7,12,18,23H,8-11,13H2,1H3,(H,24,28);1H. The quantitative estimate of drug-likeness (QED) is 0.775. The fraction of sp³-hybridized carbons (Fsp3) is 0.333. The van der Waals surface area contributed by atoms with E-state index in [0.717, 1.165) is 5.56 Å². The van der Waals surface area contributed by atoms with Crippen LogP contribution in [0.1, 0.15) is 22.0 Å². The summed E-state index contributed by atoms with van der Waals surface area (Å²) in [4.78, 5) is 28.5. The molecule has 0 saturated carbocycles. The predicted octanol–water partition coefficient (Wildman–Crippen LogP) is 2.57. The maximum absolute atomic E-state index is 14.6.